The fourth-order valence-corrected chi connectivity index (χ4v) is 7.31. The third-order valence-electron chi connectivity index (χ3n) is 3.65. The maximum Gasteiger partial charge on any atom is 0.278 e. The third kappa shape index (κ3) is 1.89. The van der Waals surface area contributed by atoms with Crippen LogP contribution in [0.25, 0.3) is 10.1 Å². The van der Waals surface area contributed by atoms with Crippen molar-refractivity contribution in [2.45, 2.75) is 44.0 Å². The summed E-state index contributed by atoms with van der Waals surface area (Å²) in [4.78, 5) is 14.7. The molecule has 0 aliphatic carbocycles. The number of nitrogens with zero attached hydrogens (tertiary/aromatic N) is 1. The molecule has 2 N–H and O–H groups in total. The second-order valence-corrected chi connectivity index (χ2v) is 9.60. The average Bonchev–Trinajstić information content (AvgIpc) is 2.94. The number of rotatable bonds is 3. The number of amides is 1. The average molecular weight is 344 g/mol. The highest BCUT2D eigenvalue weighted by Crippen LogP contribution is 2.47. The summed E-state index contributed by atoms with van der Waals surface area (Å²) in [5, 5.41) is 0.789. The molecule has 2 aromatic rings. The van der Waals surface area contributed by atoms with Gasteiger partial charge in [-0.05, 0) is 20.3 Å². The highest BCUT2D eigenvalue weighted by Gasteiger charge is 2.47. The lowest BCUT2D eigenvalue weighted by molar-refractivity contribution is 0.0832. The molecule has 3 rings (SSSR count). The van der Waals surface area contributed by atoms with E-state index in [4.69, 9.17) is 5.73 Å². The molecule has 0 saturated heterocycles. The van der Waals surface area contributed by atoms with Crippen LogP contribution in [0.3, 0.4) is 0 Å². The summed E-state index contributed by atoms with van der Waals surface area (Å²) in [6, 6.07) is 0. The Kier molecular flexibility index (Phi) is 3.40. The lowest BCUT2D eigenvalue weighted by atomic mass is 10.2. The standard InChI is InChI=1S/C13H16N2O3S3/c1-4-5-8(14)15-12(16)10-9-6(2)19-7(3)11(9)20-13(10)21(15,17)18/h8H,4-5,14H2,1-3H3. The van der Waals surface area contributed by atoms with Crippen molar-refractivity contribution in [1.29, 1.82) is 0 Å². The minimum absolute atomic E-state index is 0.156. The smallest absolute Gasteiger partial charge is 0.278 e. The Morgan fingerprint density at radius 3 is 2.52 bits per heavy atom. The highest BCUT2D eigenvalue weighted by atomic mass is 32.2. The molecule has 2 aromatic heterocycles. The fourth-order valence-electron chi connectivity index (χ4n) is 2.75. The molecule has 1 aliphatic rings. The van der Waals surface area contributed by atoms with Crippen LogP contribution in [0.4, 0.5) is 0 Å². The maximum atomic E-state index is 12.6. The van der Waals surface area contributed by atoms with Crippen LogP contribution in [0.2, 0.25) is 0 Å². The summed E-state index contributed by atoms with van der Waals surface area (Å²) < 4.78 is 27.2. The van der Waals surface area contributed by atoms with E-state index in [1.54, 1.807) is 11.3 Å². The number of sulfonamides is 1. The highest BCUT2D eigenvalue weighted by molar-refractivity contribution is 7.92. The zero-order valence-electron chi connectivity index (χ0n) is 12.0. The van der Waals surface area contributed by atoms with Gasteiger partial charge in [0, 0.05) is 15.1 Å². The van der Waals surface area contributed by atoms with Crippen LogP contribution in [0.15, 0.2) is 4.21 Å². The summed E-state index contributed by atoms with van der Waals surface area (Å²) in [5.41, 5.74) is 6.24. The third-order valence-corrected chi connectivity index (χ3v) is 8.41. The molecular weight excluding hydrogens is 328 g/mol. The molecule has 5 nitrogen and oxygen atoms in total. The topological polar surface area (TPSA) is 80.5 Å². The van der Waals surface area contributed by atoms with E-state index in [0.717, 1.165) is 30.6 Å². The quantitative estimate of drug-likeness (QED) is 0.928. The SMILES string of the molecule is CCCC(N)N1C(=O)c2c(sc3c(C)sc(C)c23)S1(=O)=O. The van der Waals surface area contributed by atoms with Crippen molar-refractivity contribution in [3.05, 3.63) is 15.3 Å². The molecule has 1 unspecified atom stereocenters. The van der Waals surface area contributed by atoms with E-state index in [9.17, 15) is 13.2 Å². The maximum absolute atomic E-state index is 12.6. The van der Waals surface area contributed by atoms with E-state index >= 15 is 0 Å². The van der Waals surface area contributed by atoms with E-state index < -0.39 is 22.1 Å². The largest absolute Gasteiger partial charge is 0.310 e. The van der Waals surface area contributed by atoms with Gasteiger partial charge in [-0.1, -0.05) is 13.3 Å². The Balaban J connectivity index is 2.26. The van der Waals surface area contributed by atoms with E-state index in [2.05, 4.69) is 0 Å². The van der Waals surface area contributed by atoms with Gasteiger partial charge in [0.25, 0.3) is 15.9 Å². The molecule has 114 valence electrons. The number of hydrogen-bond acceptors (Lipinski definition) is 6. The van der Waals surface area contributed by atoms with Gasteiger partial charge in [0.2, 0.25) is 0 Å². The summed E-state index contributed by atoms with van der Waals surface area (Å²) in [5.74, 6) is -0.474. The minimum atomic E-state index is -3.80. The minimum Gasteiger partial charge on any atom is -0.310 e. The van der Waals surface area contributed by atoms with Crippen molar-refractivity contribution in [2.24, 2.45) is 5.73 Å². The number of carbonyl (C=O) groups excluding carboxylic acids is 1. The van der Waals surface area contributed by atoms with Crippen molar-refractivity contribution >= 4 is 48.7 Å². The molecule has 1 amide bonds. The second-order valence-electron chi connectivity index (χ2n) is 5.15. The second kappa shape index (κ2) is 4.77. The predicted octanol–water partition coefficient (Wildman–Crippen LogP) is 2.81. The van der Waals surface area contributed by atoms with E-state index in [0.29, 0.717) is 12.0 Å². The molecule has 1 aliphatic heterocycles. The Morgan fingerprint density at radius 2 is 1.90 bits per heavy atom. The summed E-state index contributed by atoms with van der Waals surface area (Å²) in [7, 11) is -3.80. The van der Waals surface area contributed by atoms with Gasteiger partial charge < -0.3 is 5.73 Å². The van der Waals surface area contributed by atoms with Crippen molar-refractivity contribution < 1.29 is 13.2 Å². The van der Waals surface area contributed by atoms with E-state index in [1.165, 1.54) is 11.3 Å². The number of nitrogens with two attached hydrogens (primary N) is 1. The molecule has 0 bridgehead atoms. The van der Waals surface area contributed by atoms with Crippen molar-refractivity contribution in [2.75, 3.05) is 0 Å². The molecule has 0 saturated carbocycles. The first-order chi connectivity index (χ1) is 9.80. The molecule has 21 heavy (non-hydrogen) atoms. The van der Waals surface area contributed by atoms with Crippen molar-refractivity contribution in [3.63, 3.8) is 0 Å². The van der Waals surface area contributed by atoms with Gasteiger partial charge in [-0.15, -0.1) is 22.7 Å². The van der Waals surface area contributed by atoms with Crippen molar-refractivity contribution in [1.82, 2.24) is 4.31 Å². The van der Waals surface area contributed by atoms with Gasteiger partial charge >= 0.3 is 0 Å². The predicted molar refractivity (Wildman–Crippen MR) is 85.4 cm³/mol. The molecule has 1 atom stereocenters. The van der Waals surface area contributed by atoms with Gasteiger partial charge in [0.1, 0.15) is 0 Å². The molecule has 3 heterocycles. The number of hydrogen-bond donors (Lipinski definition) is 1. The van der Waals surface area contributed by atoms with Gasteiger partial charge in [-0.25, -0.2) is 12.7 Å². The first kappa shape index (κ1) is 15.0. The first-order valence-corrected chi connectivity index (χ1v) is 9.74. The van der Waals surface area contributed by atoms with Gasteiger partial charge in [-0.3, -0.25) is 4.79 Å². The zero-order chi connectivity index (χ0) is 15.5. The number of thiophene rings is 2. The van der Waals surface area contributed by atoms with Crippen LogP contribution in [-0.4, -0.2) is 24.8 Å². The lowest BCUT2D eigenvalue weighted by Crippen LogP contribution is -2.45. The molecule has 0 radical (unpaired) electrons. The monoisotopic (exact) mass is 344 g/mol. The number of fused-ring (bicyclic) bond motifs is 3. The van der Waals surface area contributed by atoms with Gasteiger partial charge in [-0.2, -0.15) is 0 Å². The van der Waals surface area contributed by atoms with Crippen LogP contribution in [0, 0.1) is 13.8 Å². The summed E-state index contributed by atoms with van der Waals surface area (Å²) >= 11 is 2.78. The fraction of sp³-hybridized carbons (Fsp3) is 0.462. The molecule has 0 fully saturated rings. The Morgan fingerprint density at radius 1 is 1.24 bits per heavy atom. The van der Waals surface area contributed by atoms with E-state index in [-0.39, 0.29) is 4.21 Å². The Labute approximate surface area is 131 Å². The summed E-state index contributed by atoms with van der Waals surface area (Å²) in [6.07, 6.45) is 0.396. The number of carbonyl (C=O) groups is 1. The van der Waals surface area contributed by atoms with Gasteiger partial charge in [0.05, 0.1) is 16.4 Å². The number of aryl methyl sites for hydroxylation is 2. The van der Waals surface area contributed by atoms with Crippen molar-refractivity contribution in [3.8, 4) is 0 Å². The van der Waals surface area contributed by atoms with Crippen LogP contribution in [0.5, 0.6) is 0 Å². The molecule has 0 aromatic carbocycles. The Bertz CT molecular complexity index is 848. The lowest BCUT2D eigenvalue weighted by Gasteiger charge is -2.22. The van der Waals surface area contributed by atoms with Crippen LogP contribution in [0.1, 0.15) is 39.9 Å². The van der Waals surface area contributed by atoms with Gasteiger partial charge in [0.15, 0.2) is 4.21 Å². The molecule has 8 heteroatoms. The summed E-state index contributed by atoms with van der Waals surface area (Å²) in [6.45, 7) is 5.78. The molecular formula is C13H16N2O3S3. The normalized spacial score (nSPS) is 18.5. The van der Waals surface area contributed by atoms with Crippen LogP contribution in [-0.2, 0) is 10.0 Å². The van der Waals surface area contributed by atoms with Crippen LogP contribution >= 0.6 is 22.7 Å². The van der Waals surface area contributed by atoms with Crippen LogP contribution < -0.4 is 5.73 Å². The Hall–Kier alpha value is -0.960. The first-order valence-electron chi connectivity index (χ1n) is 6.67. The zero-order valence-corrected chi connectivity index (χ0v) is 14.4. The van der Waals surface area contributed by atoms with E-state index in [1.807, 2.05) is 20.8 Å². The molecule has 0 spiro atoms.